The van der Waals surface area contributed by atoms with E-state index >= 15 is 0 Å². The maximum Gasteiger partial charge on any atom is 0.257 e. The maximum atomic E-state index is 13.4. The third-order valence-electron chi connectivity index (χ3n) is 5.89. The number of likely N-dealkylation sites (tertiary alicyclic amines) is 1. The summed E-state index contributed by atoms with van der Waals surface area (Å²) in [4.78, 5) is 24.5. The van der Waals surface area contributed by atoms with Crippen molar-refractivity contribution in [1.29, 1.82) is 0 Å². The summed E-state index contributed by atoms with van der Waals surface area (Å²) in [6, 6.07) is 12.4. The minimum atomic E-state index is 0. The number of carbonyl (C=O) groups excluding carboxylic acids is 1. The second-order valence-corrected chi connectivity index (χ2v) is 8.77. The third-order valence-corrected chi connectivity index (χ3v) is 5.89. The summed E-state index contributed by atoms with van der Waals surface area (Å²) in [5.41, 5.74) is 5.19. The molecule has 164 valence electrons. The van der Waals surface area contributed by atoms with Crippen LogP contribution in [0.15, 0.2) is 42.6 Å². The van der Waals surface area contributed by atoms with Gasteiger partial charge in [-0.1, -0.05) is 32.9 Å². The van der Waals surface area contributed by atoms with Crippen LogP contribution in [0.25, 0.3) is 11.0 Å². The van der Waals surface area contributed by atoms with Gasteiger partial charge >= 0.3 is 0 Å². The molecular formula is C25H31ClN4O. The Balaban J connectivity index is 0.00000272. The molecule has 1 N–H and O–H groups in total. The van der Waals surface area contributed by atoms with Crippen molar-refractivity contribution in [1.82, 2.24) is 14.9 Å². The van der Waals surface area contributed by atoms with E-state index in [1.165, 1.54) is 12.0 Å². The lowest BCUT2D eigenvalue weighted by Gasteiger charge is -2.31. The van der Waals surface area contributed by atoms with E-state index in [1.54, 1.807) is 6.20 Å². The molecule has 0 bridgehead atoms. The van der Waals surface area contributed by atoms with Gasteiger partial charge in [-0.05, 0) is 61.4 Å². The highest BCUT2D eigenvalue weighted by Gasteiger charge is 2.25. The van der Waals surface area contributed by atoms with Crippen molar-refractivity contribution in [2.45, 2.75) is 46.5 Å². The molecule has 2 aromatic heterocycles. The molecule has 3 heterocycles. The van der Waals surface area contributed by atoms with Gasteiger partial charge in [-0.25, -0.2) is 9.97 Å². The fourth-order valence-electron chi connectivity index (χ4n) is 4.11. The number of pyridine rings is 2. The zero-order valence-electron chi connectivity index (χ0n) is 18.7. The van der Waals surface area contributed by atoms with Gasteiger partial charge in [0.25, 0.3) is 5.91 Å². The number of hydrogen-bond acceptors (Lipinski definition) is 4. The molecule has 3 aromatic rings. The Bertz CT molecular complexity index is 1070. The van der Waals surface area contributed by atoms with Crippen molar-refractivity contribution in [2.75, 3.05) is 18.4 Å². The number of halogens is 1. The van der Waals surface area contributed by atoms with Crippen LogP contribution >= 0.6 is 12.4 Å². The fourth-order valence-corrected chi connectivity index (χ4v) is 4.11. The summed E-state index contributed by atoms with van der Waals surface area (Å²) in [6.07, 6.45) is 3.91. The molecule has 1 fully saturated rings. The first-order valence-corrected chi connectivity index (χ1v) is 10.8. The van der Waals surface area contributed by atoms with E-state index < -0.39 is 0 Å². The highest BCUT2D eigenvalue weighted by Crippen LogP contribution is 2.31. The number of aryl methyl sites for hydroxylation is 1. The number of rotatable bonds is 4. The third kappa shape index (κ3) is 4.99. The average molecular weight is 439 g/mol. The molecule has 1 amide bonds. The maximum absolute atomic E-state index is 13.4. The van der Waals surface area contributed by atoms with Gasteiger partial charge < -0.3 is 10.2 Å². The molecule has 0 spiro atoms. The van der Waals surface area contributed by atoms with Gasteiger partial charge in [0.1, 0.15) is 0 Å². The van der Waals surface area contributed by atoms with Gasteiger partial charge in [-0.2, -0.15) is 0 Å². The Morgan fingerprint density at radius 1 is 1.16 bits per heavy atom. The van der Waals surface area contributed by atoms with E-state index in [-0.39, 0.29) is 18.3 Å². The predicted octanol–water partition coefficient (Wildman–Crippen LogP) is 6.10. The number of nitrogens with one attached hydrogen (secondary N) is 1. The summed E-state index contributed by atoms with van der Waals surface area (Å²) in [5, 5.41) is 4.37. The molecule has 6 heteroatoms. The quantitative estimate of drug-likeness (QED) is 0.534. The molecule has 1 aromatic carbocycles. The first-order chi connectivity index (χ1) is 14.4. The molecular weight excluding hydrogens is 408 g/mol. The zero-order chi connectivity index (χ0) is 21.3. The molecule has 0 radical (unpaired) electrons. The van der Waals surface area contributed by atoms with Crippen LogP contribution in [0.1, 0.15) is 61.1 Å². The van der Waals surface area contributed by atoms with Crippen molar-refractivity contribution in [2.24, 2.45) is 5.92 Å². The van der Waals surface area contributed by atoms with E-state index in [0.29, 0.717) is 23.0 Å². The SMILES string of the molecule is Cc1ccc2c(Nc3ccc(C(C)C)cc3)c(C(=O)N3CCCC(C)C3)cnc2n1.Cl. The molecule has 5 nitrogen and oxygen atoms in total. The lowest BCUT2D eigenvalue weighted by Crippen LogP contribution is -2.39. The Hall–Kier alpha value is -2.66. The Labute approximate surface area is 190 Å². The molecule has 0 aliphatic carbocycles. The van der Waals surface area contributed by atoms with Crippen LogP contribution in [-0.2, 0) is 0 Å². The number of benzene rings is 1. The molecule has 1 aliphatic heterocycles. The predicted molar refractivity (Wildman–Crippen MR) is 130 cm³/mol. The number of anilines is 2. The summed E-state index contributed by atoms with van der Waals surface area (Å²) in [7, 11) is 0. The normalized spacial score (nSPS) is 16.3. The average Bonchev–Trinajstić information content (AvgIpc) is 2.73. The molecule has 1 saturated heterocycles. The number of piperidine rings is 1. The van der Waals surface area contributed by atoms with Crippen LogP contribution in [0.2, 0.25) is 0 Å². The Morgan fingerprint density at radius 3 is 2.58 bits per heavy atom. The molecule has 4 rings (SSSR count). The van der Waals surface area contributed by atoms with Gasteiger partial charge in [0.15, 0.2) is 5.65 Å². The van der Waals surface area contributed by atoms with Gasteiger partial charge in [-0.3, -0.25) is 4.79 Å². The van der Waals surface area contributed by atoms with E-state index in [1.807, 2.05) is 24.0 Å². The lowest BCUT2D eigenvalue weighted by molar-refractivity contribution is 0.0684. The van der Waals surface area contributed by atoms with Crippen molar-refractivity contribution < 1.29 is 4.79 Å². The highest BCUT2D eigenvalue weighted by atomic mass is 35.5. The van der Waals surface area contributed by atoms with E-state index in [0.717, 1.165) is 42.0 Å². The standard InChI is InChI=1S/C25H30N4O.ClH/c1-16(2)19-8-10-20(11-9-19)28-23-21-12-7-18(4)27-24(21)26-14-22(23)25(30)29-13-5-6-17(3)15-29;/h7-12,14,16-17H,5-6,13,15H2,1-4H3,(H,26,27,28);1H. The molecule has 1 aliphatic rings. The van der Waals surface area contributed by atoms with E-state index in [2.05, 4.69) is 60.3 Å². The smallest absolute Gasteiger partial charge is 0.257 e. The van der Waals surface area contributed by atoms with Crippen molar-refractivity contribution in [3.05, 3.63) is 59.4 Å². The summed E-state index contributed by atoms with van der Waals surface area (Å²) < 4.78 is 0. The summed E-state index contributed by atoms with van der Waals surface area (Å²) in [5.74, 6) is 1.05. The monoisotopic (exact) mass is 438 g/mol. The molecule has 1 atom stereocenters. The minimum absolute atomic E-state index is 0. The number of nitrogens with zero attached hydrogens (tertiary/aromatic N) is 3. The van der Waals surface area contributed by atoms with Crippen LogP contribution in [0.3, 0.4) is 0 Å². The van der Waals surface area contributed by atoms with Crippen LogP contribution in [0.4, 0.5) is 11.4 Å². The highest BCUT2D eigenvalue weighted by molar-refractivity contribution is 6.07. The van der Waals surface area contributed by atoms with Crippen LogP contribution in [0, 0.1) is 12.8 Å². The largest absolute Gasteiger partial charge is 0.354 e. The van der Waals surface area contributed by atoms with Gasteiger partial charge in [0.05, 0.1) is 11.3 Å². The first-order valence-electron chi connectivity index (χ1n) is 10.8. The number of aromatic nitrogens is 2. The van der Waals surface area contributed by atoms with Gasteiger partial charge in [0, 0.05) is 36.1 Å². The van der Waals surface area contributed by atoms with Crippen molar-refractivity contribution >= 4 is 40.7 Å². The van der Waals surface area contributed by atoms with Gasteiger partial charge in [0.2, 0.25) is 0 Å². The minimum Gasteiger partial charge on any atom is -0.354 e. The molecule has 1 unspecified atom stereocenters. The van der Waals surface area contributed by atoms with Gasteiger partial charge in [-0.15, -0.1) is 12.4 Å². The van der Waals surface area contributed by atoms with Crippen LogP contribution in [0.5, 0.6) is 0 Å². The Kier molecular flexibility index (Phi) is 7.16. The molecule has 0 saturated carbocycles. The lowest BCUT2D eigenvalue weighted by atomic mass is 9.99. The first kappa shape index (κ1) is 23.0. The zero-order valence-corrected chi connectivity index (χ0v) is 19.5. The summed E-state index contributed by atoms with van der Waals surface area (Å²) >= 11 is 0. The van der Waals surface area contributed by atoms with Crippen LogP contribution < -0.4 is 5.32 Å². The number of fused-ring (bicyclic) bond motifs is 1. The molecule has 31 heavy (non-hydrogen) atoms. The van der Waals surface area contributed by atoms with Crippen molar-refractivity contribution in [3.63, 3.8) is 0 Å². The van der Waals surface area contributed by atoms with Crippen LogP contribution in [-0.4, -0.2) is 33.9 Å². The second kappa shape index (κ2) is 9.65. The van der Waals surface area contributed by atoms with Crippen molar-refractivity contribution in [3.8, 4) is 0 Å². The number of carbonyl (C=O) groups is 1. The fraction of sp³-hybridized carbons (Fsp3) is 0.400. The summed E-state index contributed by atoms with van der Waals surface area (Å²) in [6.45, 7) is 10.1. The topological polar surface area (TPSA) is 58.1 Å². The second-order valence-electron chi connectivity index (χ2n) is 8.77. The van der Waals surface area contributed by atoms with E-state index in [9.17, 15) is 4.79 Å². The Morgan fingerprint density at radius 2 is 1.90 bits per heavy atom. The number of hydrogen-bond donors (Lipinski definition) is 1. The number of amides is 1. The van der Waals surface area contributed by atoms with E-state index in [4.69, 9.17) is 0 Å².